The molecule has 8 nitrogen and oxygen atoms in total. The Kier molecular flexibility index (Phi) is 9.34. The second-order valence-corrected chi connectivity index (χ2v) is 12.4. The predicted molar refractivity (Wildman–Crippen MR) is 178 cm³/mol. The Labute approximate surface area is 264 Å². The summed E-state index contributed by atoms with van der Waals surface area (Å²) in [5.74, 6) is 2.48. The molecule has 2 N–H and O–H groups in total. The number of thioether (sulfide) groups is 1. The second-order valence-electron chi connectivity index (χ2n) is 11.2. The van der Waals surface area contributed by atoms with E-state index >= 15 is 0 Å². The van der Waals surface area contributed by atoms with Crippen LogP contribution in [0.4, 0.5) is 11.6 Å². The van der Waals surface area contributed by atoms with Crippen LogP contribution in [0.3, 0.4) is 0 Å². The van der Waals surface area contributed by atoms with Gasteiger partial charge in [0.25, 0.3) is 5.91 Å². The van der Waals surface area contributed by atoms with Gasteiger partial charge in [0, 0.05) is 11.4 Å². The lowest BCUT2D eigenvalue weighted by Crippen LogP contribution is -2.31. The number of anilines is 2. The molecule has 1 aromatic heterocycles. The molecule has 0 fully saturated rings. The highest BCUT2D eigenvalue weighted by Crippen LogP contribution is 2.40. The Hall–Kier alpha value is -4.24. The molecule has 0 bridgehead atoms. The lowest BCUT2D eigenvalue weighted by molar-refractivity contribution is -0.113. The van der Waals surface area contributed by atoms with Crippen molar-refractivity contribution in [2.75, 3.05) is 23.0 Å². The largest absolute Gasteiger partial charge is 0.490 e. The molecule has 0 saturated heterocycles. The maximum Gasteiger partial charge on any atom is 0.255 e. The summed E-state index contributed by atoms with van der Waals surface area (Å²) in [5, 5.41) is 12.0. The number of rotatable bonds is 10. The summed E-state index contributed by atoms with van der Waals surface area (Å²) in [6, 6.07) is 15.6. The number of hydrogen-bond acceptors (Lipinski definition) is 7. The molecule has 0 radical (unpaired) electrons. The molecule has 1 atom stereocenters. The monoisotopic (exact) mass is 611 g/mol. The standard InChI is InChI=1S/C35H41N5O3S/c1-9-42-30-18-26(14-15-29(30)43-19-27-17-22(5)21(4)16-23(27)6)32-31(33(41)37-28-13-11-12-20(3)24(28)7)25(8)36-34-38-35(44-10-2)39-40(32)34/h11-18,32H,9-10,19H2,1-8H3,(H,37,41)(H,36,38,39). The van der Waals surface area contributed by atoms with Crippen LogP contribution in [0.1, 0.15) is 65.8 Å². The number of aryl methyl sites for hydroxylation is 4. The van der Waals surface area contributed by atoms with E-state index < -0.39 is 6.04 Å². The van der Waals surface area contributed by atoms with Gasteiger partial charge in [-0.1, -0.05) is 49.0 Å². The molecule has 1 aliphatic heterocycles. The number of carbonyl (C=O) groups is 1. The van der Waals surface area contributed by atoms with Crippen LogP contribution in [-0.4, -0.2) is 33.0 Å². The summed E-state index contributed by atoms with van der Waals surface area (Å²) >= 11 is 1.56. The van der Waals surface area contributed by atoms with Crippen molar-refractivity contribution in [1.82, 2.24) is 14.8 Å². The molecule has 1 unspecified atom stereocenters. The van der Waals surface area contributed by atoms with Crippen molar-refractivity contribution < 1.29 is 14.3 Å². The van der Waals surface area contributed by atoms with Crippen molar-refractivity contribution in [2.24, 2.45) is 0 Å². The summed E-state index contributed by atoms with van der Waals surface area (Å²) in [6.45, 7) is 17.2. The second kappa shape index (κ2) is 13.2. The number of nitrogens with one attached hydrogen (secondary N) is 2. The van der Waals surface area contributed by atoms with Crippen LogP contribution in [0.25, 0.3) is 0 Å². The zero-order valence-electron chi connectivity index (χ0n) is 26.8. The van der Waals surface area contributed by atoms with Gasteiger partial charge in [0.05, 0.1) is 12.2 Å². The van der Waals surface area contributed by atoms with E-state index in [1.807, 2.05) is 64.1 Å². The van der Waals surface area contributed by atoms with Gasteiger partial charge in [-0.2, -0.15) is 4.98 Å². The third kappa shape index (κ3) is 6.33. The zero-order valence-corrected chi connectivity index (χ0v) is 27.6. The maximum atomic E-state index is 14.1. The smallest absolute Gasteiger partial charge is 0.255 e. The van der Waals surface area contributed by atoms with Crippen LogP contribution in [0.5, 0.6) is 11.5 Å². The lowest BCUT2D eigenvalue weighted by atomic mass is 9.94. The molecular formula is C35H41N5O3S. The van der Waals surface area contributed by atoms with Gasteiger partial charge in [0.1, 0.15) is 12.6 Å². The van der Waals surface area contributed by atoms with E-state index in [4.69, 9.17) is 19.6 Å². The number of benzene rings is 3. The molecule has 3 aromatic carbocycles. The van der Waals surface area contributed by atoms with E-state index in [1.54, 1.807) is 16.4 Å². The van der Waals surface area contributed by atoms with Gasteiger partial charge in [-0.3, -0.25) is 4.79 Å². The number of ether oxygens (including phenoxy) is 2. The Bertz CT molecular complexity index is 1740. The molecule has 44 heavy (non-hydrogen) atoms. The lowest BCUT2D eigenvalue weighted by Gasteiger charge is -2.29. The topological polar surface area (TPSA) is 90.3 Å². The molecule has 9 heteroatoms. The highest BCUT2D eigenvalue weighted by atomic mass is 32.2. The van der Waals surface area contributed by atoms with Crippen molar-refractivity contribution in [3.8, 4) is 11.5 Å². The summed E-state index contributed by atoms with van der Waals surface area (Å²) in [7, 11) is 0. The van der Waals surface area contributed by atoms with E-state index in [0.29, 0.717) is 47.1 Å². The van der Waals surface area contributed by atoms with Crippen molar-refractivity contribution in [2.45, 2.75) is 73.2 Å². The quantitative estimate of drug-likeness (QED) is 0.177. The van der Waals surface area contributed by atoms with E-state index in [0.717, 1.165) is 33.7 Å². The first-order valence-corrected chi connectivity index (χ1v) is 16.0. The minimum Gasteiger partial charge on any atom is -0.490 e. The van der Waals surface area contributed by atoms with Gasteiger partial charge in [-0.15, -0.1) is 5.10 Å². The Balaban J connectivity index is 1.54. The van der Waals surface area contributed by atoms with Crippen LogP contribution in [0, 0.1) is 34.6 Å². The Morgan fingerprint density at radius 3 is 2.45 bits per heavy atom. The van der Waals surface area contributed by atoms with Crippen LogP contribution >= 0.6 is 11.8 Å². The molecule has 2 heterocycles. The van der Waals surface area contributed by atoms with Crippen molar-refractivity contribution in [3.63, 3.8) is 0 Å². The average molecular weight is 612 g/mol. The van der Waals surface area contributed by atoms with Gasteiger partial charge in [0.15, 0.2) is 11.5 Å². The normalized spacial score (nSPS) is 14.2. The summed E-state index contributed by atoms with van der Waals surface area (Å²) in [6.07, 6.45) is 0. The van der Waals surface area contributed by atoms with Gasteiger partial charge in [-0.25, -0.2) is 4.68 Å². The predicted octanol–water partition coefficient (Wildman–Crippen LogP) is 7.84. The SMILES string of the molecule is CCOc1cc(C2C(C(=O)Nc3cccc(C)c3C)=C(C)Nc3nc(SCC)nn32)ccc1OCc1cc(C)c(C)cc1C. The number of fused-ring (bicyclic) bond motifs is 1. The van der Waals surface area contributed by atoms with Crippen LogP contribution in [0.2, 0.25) is 0 Å². The van der Waals surface area contributed by atoms with E-state index in [9.17, 15) is 4.79 Å². The zero-order chi connectivity index (χ0) is 31.5. The van der Waals surface area contributed by atoms with Crippen LogP contribution in [-0.2, 0) is 11.4 Å². The van der Waals surface area contributed by atoms with Crippen molar-refractivity contribution >= 4 is 29.3 Å². The molecule has 1 aliphatic rings. The highest BCUT2D eigenvalue weighted by molar-refractivity contribution is 7.99. The molecule has 4 aromatic rings. The number of nitrogens with zero attached hydrogens (tertiary/aromatic N) is 3. The molecule has 0 aliphatic carbocycles. The minimum absolute atomic E-state index is 0.206. The summed E-state index contributed by atoms with van der Waals surface area (Å²) in [5.41, 5.74) is 9.86. The number of aromatic nitrogens is 3. The Morgan fingerprint density at radius 1 is 0.932 bits per heavy atom. The molecule has 0 saturated carbocycles. The number of amides is 1. The fraction of sp³-hybridized carbons (Fsp3) is 0.343. The molecule has 1 amide bonds. The molecule has 230 valence electrons. The first-order chi connectivity index (χ1) is 21.1. The van der Waals surface area contributed by atoms with Gasteiger partial charge in [0.2, 0.25) is 11.1 Å². The van der Waals surface area contributed by atoms with Crippen LogP contribution < -0.4 is 20.1 Å². The average Bonchev–Trinajstić information content (AvgIpc) is 3.38. The third-order valence-electron chi connectivity index (χ3n) is 8.12. The minimum atomic E-state index is -0.537. The molecular weight excluding hydrogens is 570 g/mol. The number of allylic oxidation sites excluding steroid dienone is 1. The van der Waals surface area contributed by atoms with Gasteiger partial charge in [-0.05, 0) is 111 Å². The number of hydrogen-bond donors (Lipinski definition) is 2. The Morgan fingerprint density at radius 2 is 1.70 bits per heavy atom. The van der Waals surface area contributed by atoms with E-state index in [1.165, 1.54) is 16.7 Å². The van der Waals surface area contributed by atoms with Crippen LogP contribution in [0.15, 0.2) is 65.0 Å². The first-order valence-electron chi connectivity index (χ1n) is 15.0. The summed E-state index contributed by atoms with van der Waals surface area (Å²) < 4.78 is 14.2. The van der Waals surface area contributed by atoms with Gasteiger partial charge >= 0.3 is 0 Å². The van der Waals surface area contributed by atoms with E-state index in [2.05, 4.69) is 50.5 Å². The van der Waals surface area contributed by atoms with E-state index in [-0.39, 0.29) is 5.91 Å². The highest BCUT2D eigenvalue weighted by Gasteiger charge is 2.35. The molecule has 5 rings (SSSR count). The third-order valence-corrected chi connectivity index (χ3v) is 8.84. The molecule has 0 spiro atoms. The fourth-order valence-corrected chi connectivity index (χ4v) is 5.97. The maximum absolute atomic E-state index is 14.1. The summed E-state index contributed by atoms with van der Waals surface area (Å²) in [4.78, 5) is 18.8. The van der Waals surface area contributed by atoms with Crippen molar-refractivity contribution in [1.29, 1.82) is 0 Å². The van der Waals surface area contributed by atoms with Crippen molar-refractivity contribution in [3.05, 3.63) is 98.7 Å². The number of carbonyl (C=O) groups excluding carboxylic acids is 1. The van der Waals surface area contributed by atoms with Gasteiger partial charge < -0.3 is 20.1 Å². The fourth-order valence-electron chi connectivity index (χ4n) is 5.41. The first kappa shape index (κ1) is 31.2.